The van der Waals surface area contributed by atoms with Crippen molar-refractivity contribution in [1.29, 1.82) is 0 Å². The van der Waals surface area contributed by atoms with Crippen LogP contribution in [0.1, 0.15) is 46.1 Å². The highest BCUT2D eigenvalue weighted by Crippen LogP contribution is 2.36. The normalized spacial score (nSPS) is 12.6. The Balaban J connectivity index is 1.99. The number of nitrogens with one attached hydrogen (secondary N) is 1. The average Bonchev–Trinajstić information content (AvgIpc) is 3.02. The average molecular weight is 424 g/mol. The van der Waals surface area contributed by atoms with Crippen LogP contribution in [0.4, 0.5) is 5.82 Å². The summed E-state index contributed by atoms with van der Waals surface area (Å²) in [5.41, 5.74) is 3.61. The number of carbonyl (C=O) groups is 1. The molecule has 0 radical (unpaired) electrons. The van der Waals surface area contributed by atoms with Crippen molar-refractivity contribution in [2.45, 2.75) is 47.5 Å². The first kappa shape index (κ1) is 22.7. The van der Waals surface area contributed by atoms with Crippen LogP contribution in [-0.2, 0) is 4.79 Å². The molecule has 31 heavy (non-hydrogen) atoms. The maximum atomic E-state index is 12.9. The number of hydrogen-bond acceptors (Lipinski definition) is 4. The number of aryl methyl sites for hydroxylation is 1. The van der Waals surface area contributed by atoms with E-state index >= 15 is 0 Å². The topological polar surface area (TPSA) is 64.9 Å². The van der Waals surface area contributed by atoms with Gasteiger partial charge < -0.3 is 14.8 Å². The summed E-state index contributed by atoms with van der Waals surface area (Å²) in [5, 5.41) is 3.12. The van der Waals surface area contributed by atoms with Gasteiger partial charge in [0.1, 0.15) is 17.2 Å². The molecule has 6 nitrogen and oxygen atoms in total. The van der Waals surface area contributed by atoms with Gasteiger partial charge in [0.25, 0.3) is 0 Å². The molecule has 1 N–H and O–H groups in total. The molecule has 0 fully saturated rings. The number of methoxy groups -OCH3 is 2. The summed E-state index contributed by atoms with van der Waals surface area (Å²) in [6, 6.07) is 9.66. The Labute approximate surface area is 184 Å². The van der Waals surface area contributed by atoms with E-state index in [0.717, 1.165) is 23.2 Å². The smallest absolute Gasteiger partial charge is 0.225 e. The Kier molecular flexibility index (Phi) is 6.58. The summed E-state index contributed by atoms with van der Waals surface area (Å²) in [6.07, 6.45) is 3.38. The molecule has 1 amide bonds. The molecule has 0 saturated carbocycles. The highest BCUT2D eigenvalue weighted by molar-refractivity contribution is 5.95. The number of fused-ring (bicyclic) bond motifs is 1. The van der Waals surface area contributed by atoms with Crippen LogP contribution >= 0.6 is 0 Å². The van der Waals surface area contributed by atoms with Crippen LogP contribution in [0.25, 0.3) is 16.9 Å². The molecule has 0 saturated heterocycles. The molecule has 0 bridgehead atoms. The number of imidazole rings is 1. The fourth-order valence-electron chi connectivity index (χ4n) is 4.07. The quantitative estimate of drug-likeness (QED) is 0.527. The van der Waals surface area contributed by atoms with Crippen LogP contribution in [-0.4, -0.2) is 29.5 Å². The number of aromatic nitrogens is 2. The van der Waals surface area contributed by atoms with Gasteiger partial charge >= 0.3 is 0 Å². The van der Waals surface area contributed by atoms with Crippen LogP contribution in [0, 0.1) is 18.3 Å². The molecule has 0 aliphatic heterocycles. The summed E-state index contributed by atoms with van der Waals surface area (Å²) in [5.74, 6) is 2.19. The number of rotatable bonds is 7. The number of ether oxygens (including phenoxy) is 2. The zero-order valence-electron chi connectivity index (χ0n) is 19.6. The highest BCUT2D eigenvalue weighted by Gasteiger charge is 2.21. The lowest BCUT2D eigenvalue weighted by Gasteiger charge is -2.22. The molecule has 0 aliphatic rings. The van der Waals surface area contributed by atoms with Gasteiger partial charge in [-0.2, -0.15) is 0 Å². The third kappa shape index (κ3) is 5.37. The maximum absolute atomic E-state index is 12.9. The third-order valence-electron chi connectivity index (χ3n) is 5.19. The van der Waals surface area contributed by atoms with Gasteiger partial charge in [0.05, 0.1) is 14.2 Å². The van der Waals surface area contributed by atoms with Crippen LogP contribution in [0.3, 0.4) is 0 Å². The molecule has 166 valence electrons. The van der Waals surface area contributed by atoms with E-state index in [1.807, 2.05) is 47.9 Å². The van der Waals surface area contributed by atoms with E-state index in [1.54, 1.807) is 14.2 Å². The molecule has 3 aromatic rings. The van der Waals surface area contributed by atoms with Crippen molar-refractivity contribution in [2.24, 2.45) is 11.3 Å². The second kappa shape index (κ2) is 9.00. The molecule has 1 aromatic carbocycles. The van der Waals surface area contributed by atoms with Gasteiger partial charge in [-0.1, -0.05) is 27.7 Å². The Morgan fingerprint density at radius 1 is 1.13 bits per heavy atom. The number of amides is 1. The Bertz CT molecular complexity index is 1080. The van der Waals surface area contributed by atoms with Crippen molar-refractivity contribution in [2.75, 3.05) is 19.5 Å². The highest BCUT2D eigenvalue weighted by atomic mass is 16.5. The second-order valence-electron chi connectivity index (χ2n) is 9.43. The number of nitrogens with zero attached hydrogens (tertiary/aromatic N) is 2. The van der Waals surface area contributed by atoms with Gasteiger partial charge in [0, 0.05) is 18.2 Å². The van der Waals surface area contributed by atoms with Crippen molar-refractivity contribution in [1.82, 2.24) is 9.38 Å². The first-order valence-electron chi connectivity index (χ1n) is 10.6. The number of pyridine rings is 1. The minimum absolute atomic E-state index is 0.0131. The number of anilines is 1. The van der Waals surface area contributed by atoms with Crippen molar-refractivity contribution < 1.29 is 14.3 Å². The fraction of sp³-hybridized carbons (Fsp3) is 0.440. The van der Waals surface area contributed by atoms with E-state index < -0.39 is 0 Å². The van der Waals surface area contributed by atoms with Crippen molar-refractivity contribution in [3.8, 4) is 22.8 Å². The van der Waals surface area contributed by atoms with Gasteiger partial charge in [-0.05, 0) is 60.6 Å². The van der Waals surface area contributed by atoms with E-state index in [1.165, 1.54) is 0 Å². The minimum Gasteiger partial charge on any atom is -0.493 e. The molecular weight excluding hydrogens is 390 g/mol. The molecule has 2 heterocycles. The monoisotopic (exact) mass is 423 g/mol. The SMILES string of the molecule is COc1ccc(-c2nc3cc(C)ccn3c2NC(=O)CC(C)CC(C)(C)C)cc1OC. The predicted molar refractivity (Wildman–Crippen MR) is 125 cm³/mol. The molecular formula is C25H33N3O3. The summed E-state index contributed by atoms with van der Waals surface area (Å²) >= 11 is 0. The fourth-order valence-corrected chi connectivity index (χ4v) is 4.07. The molecule has 0 spiro atoms. The van der Waals surface area contributed by atoms with Gasteiger partial charge in [-0.3, -0.25) is 9.20 Å². The van der Waals surface area contributed by atoms with Gasteiger partial charge in [0.2, 0.25) is 5.91 Å². The molecule has 3 rings (SSSR count). The summed E-state index contributed by atoms with van der Waals surface area (Å²) in [4.78, 5) is 17.7. The van der Waals surface area contributed by atoms with Gasteiger partial charge in [-0.25, -0.2) is 4.98 Å². The minimum atomic E-state index is -0.0131. The second-order valence-corrected chi connectivity index (χ2v) is 9.43. The molecule has 1 unspecified atom stereocenters. The standard InChI is InChI=1S/C25H33N3O3/c1-16-10-11-28-21(12-16)26-23(18-8-9-19(30-6)20(14-18)31-7)24(28)27-22(29)13-17(2)15-25(3,4)5/h8-12,14,17H,13,15H2,1-7H3,(H,27,29). The Hall–Kier alpha value is -3.02. The molecule has 6 heteroatoms. The number of hydrogen-bond donors (Lipinski definition) is 1. The van der Waals surface area contributed by atoms with Gasteiger partial charge in [-0.15, -0.1) is 0 Å². The summed E-state index contributed by atoms with van der Waals surface area (Å²) < 4.78 is 12.7. The predicted octanol–water partition coefficient (Wildman–Crippen LogP) is 5.73. The number of carbonyl (C=O) groups excluding carboxylic acids is 1. The van der Waals surface area contributed by atoms with E-state index in [0.29, 0.717) is 29.4 Å². The zero-order chi connectivity index (χ0) is 22.8. The van der Waals surface area contributed by atoms with Crippen molar-refractivity contribution in [3.05, 3.63) is 42.1 Å². The van der Waals surface area contributed by atoms with Crippen LogP contribution in [0.2, 0.25) is 0 Å². The summed E-state index contributed by atoms with van der Waals surface area (Å²) in [6.45, 7) is 10.7. The van der Waals surface area contributed by atoms with E-state index in [9.17, 15) is 4.79 Å². The molecule has 1 atom stereocenters. The number of benzene rings is 1. The summed E-state index contributed by atoms with van der Waals surface area (Å²) in [7, 11) is 3.21. The Morgan fingerprint density at radius 3 is 2.48 bits per heavy atom. The lowest BCUT2D eigenvalue weighted by Crippen LogP contribution is -2.19. The lowest BCUT2D eigenvalue weighted by atomic mass is 9.84. The maximum Gasteiger partial charge on any atom is 0.225 e. The van der Waals surface area contributed by atoms with E-state index in [2.05, 4.69) is 33.0 Å². The first-order valence-corrected chi connectivity index (χ1v) is 10.6. The van der Waals surface area contributed by atoms with Crippen molar-refractivity contribution in [3.63, 3.8) is 0 Å². The van der Waals surface area contributed by atoms with E-state index in [4.69, 9.17) is 14.5 Å². The zero-order valence-corrected chi connectivity index (χ0v) is 19.6. The lowest BCUT2D eigenvalue weighted by molar-refractivity contribution is -0.117. The Morgan fingerprint density at radius 2 is 1.84 bits per heavy atom. The van der Waals surface area contributed by atoms with E-state index in [-0.39, 0.29) is 17.2 Å². The van der Waals surface area contributed by atoms with Crippen LogP contribution < -0.4 is 14.8 Å². The third-order valence-corrected chi connectivity index (χ3v) is 5.19. The molecule has 2 aromatic heterocycles. The van der Waals surface area contributed by atoms with Gasteiger partial charge in [0.15, 0.2) is 11.5 Å². The first-order chi connectivity index (χ1) is 14.6. The van der Waals surface area contributed by atoms with Crippen LogP contribution in [0.5, 0.6) is 11.5 Å². The molecule has 0 aliphatic carbocycles. The van der Waals surface area contributed by atoms with Crippen molar-refractivity contribution >= 4 is 17.4 Å². The largest absolute Gasteiger partial charge is 0.493 e. The van der Waals surface area contributed by atoms with Crippen LogP contribution in [0.15, 0.2) is 36.5 Å².